The number of nitrogens with zero attached hydrogens (tertiary/aromatic N) is 4. The summed E-state index contributed by atoms with van der Waals surface area (Å²) < 4.78 is 14.8. The maximum absolute atomic E-state index is 14.8. The van der Waals surface area contributed by atoms with Gasteiger partial charge in [-0.1, -0.05) is 0 Å². The molecule has 1 aromatic heterocycles. The van der Waals surface area contributed by atoms with Crippen LogP contribution < -0.4 is 15.1 Å². The first-order valence-corrected chi connectivity index (χ1v) is 9.89. The number of amides is 1. The van der Waals surface area contributed by atoms with Crippen molar-refractivity contribution in [1.82, 2.24) is 15.5 Å². The molecule has 3 heterocycles. The molecule has 4 rings (SSSR count). The number of rotatable bonds is 4. The van der Waals surface area contributed by atoms with Gasteiger partial charge in [0.15, 0.2) is 5.82 Å². The molecule has 0 spiro atoms. The van der Waals surface area contributed by atoms with Gasteiger partial charge in [0.05, 0.1) is 11.7 Å². The van der Waals surface area contributed by atoms with Gasteiger partial charge in [0.2, 0.25) is 5.91 Å². The van der Waals surface area contributed by atoms with Crippen LogP contribution in [0.5, 0.6) is 5.75 Å². The summed E-state index contributed by atoms with van der Waals surface area (Å²) >= 11 is 0. The van der Waals surface area contributed by atoms with Gasteiger partial charge >= 0.3 is 0 Å². The number of piperidine rings is 1. The average molecular weight is 399 g/mol. The second-order valence-electron chi connectivity index (χ2n) is 7.96. The molecular formula is C21H26FN5O2. The second-order valence-corrected chi connectivity index (χ2v) is 7.96. The van der Waals surface area contributed by atoms with Crippen LogP contribution in [0.25, 0.3) is 11.3 Å². The molecule has 2 bridgehead atoms. The van der Waals surface area contributed by atoms with Gasteiger partial charge in [-0.3, -0.25) is 4.79 Å². The van der Waals surface area contributed by atoms with E-state index in [9.17, 15) is 14.3 Å². The van der Waals surface area contributed by atoms with E-state index in [2.05, 4.69) is 15.5 Å². The molecule has 1 aromatic carbocycles. The first-order chi connectivity index (χ1) is 13.8. The Balaban J connectivity index is 1.53. The molecule has 154 valence electrons. The van der Waals surface area contributed by atoms with Gasteiger partial charge in [0, 0.05) is 50.4 Å². The van der Waals surface area contributed by atoms with Crippen molar-refractivity contribution in [1.29, 1.82) is 0 Å². The number of carbonyl (C=O) groups excluding carboxylic acids is 1. The molecular weight excluding hydrogens is 373 g/mol. The molecule has 2 aliphatic heterocycles. The molecule has 0 aliphatic carbocycles. The number of nitrogens with one attached hydrogen (secondary N) is 1. The number of benzene rings is 1. The second kappa shape index (κ2) is 7.59. The van der Waals surface area contributed by atoms with E-state index in [1.54, 1.807) is 31.3 Å². The zero-order chi connectivity index (χ0) is 20.7. The summed E-state index contributed by atoms with van der Waals surface area (Å²) in [6, 6.07) is 8.63. The van der Waals surface area contributed by atoms with Crippen LogP contribution in [-0.4, -0.2) is 59.6 Å². The van der Waals surface area contributed by atoms with Crippen molar-refractivity contribution < 1.29 is 14.3 Å². The van der Waals surface area contributed by atoms with E-state index in [4.69, 9.17) is 0 Å². The van der Waals surface area contributed by atoms with Crippen LogP contribution in [0.15, 0.2) is 30.3 Å². The summed E-state index contributed by atoms with van der Waals surface area (Å²) in [5.41, 5.74) is 1.63. The standard InChI is InChI=1S/C21H26FN5O2/c1-12(28)26(2)14-5-6-15(19(29)11-14)16-8-9-20(25-24-16)27(3)18-10-13-4-7-17(23-13)21(18)22/h5-6,8-9,11,13,17-18,21,23,29H,4,7,10H2,1-3H3/t13?,17?,18-,21+/m0/s1. The van der Waals surface area contributed by atoms with Gasteiger partial charge in [-0.05, 0) is 43.5 Å². The van der Waals surface area contributed by atoms with Gasteiger partial charge in [-0.15, -0.1) is 10.2 Å². The molecule has 29 heavy (non-hydrogen) atoms. The molecule has 4 atom stereocenters. The predicted octanol–water partition coefficient (Wildman–Crippen LogP) is 2.50. The van der Waals surface area contributed by atoms with Gasteiger partial charge < -0.3 is 20.2 Å². The normalized spacial score (nSPS) is 25.7. The summed E-state index contributed by atoms with van der Waals surface area (Å²) in [4.78, 5) is 14.8. The Morgan fingerprint density at radius 1 is 1.21 bits per heavy atom. The molecule has 1 amide bonds. The molecule has 2 saturated heterocycles. The number of aromatic nitrogens is 2. The third-order valence-corrected chi connectivity index (χ3v) is 6.18. The fourth-order valence-corrected chi connectivity index (χ4v) is 4.30. The Kier molecular flexibility index (Phi) is 5.12. The van der Waals surface area contributed by atoms with Crippen molar-refractivity contribution >= 4 is 17.4 Å². The lowest BCUT2D eigenvalue weighted by atomic mass is 9.96. The van der Waals surface area contributed by atoms with Crippen molar-refractivity contribution in [3.63, 3.8) is 0 Å². The minimum atomic E-state index is -0.935. The fraction of sp³-hybridized carbons (Fsp3) is 0.476. The van der Waals surface area contributed by atoms with Gasteiger partial charge in [-0.2, -0.15) is 0 Å². The van der Waals surface area contributed by atoms with Crippen LogP contribution in [0.4, 0.5) is 15.9 Å². The Morgan fingerprint density at radius 3 is 2.66 bits per heavy atom. The quantitative estimate of drug-likeness (QED) is 0.822. The van der Waals surface area contributed by atoms with Crippen molar-refractivity contribution in [2.24, 2.45) is 0 Å². The highest BCUT2D eigenvalue weighted by molar-refractivity contribution is 5.91. The van der Waals surface area contributed by atoms with E-state index >= 15 is 0 Å². The van der Waals surface area contributed by atoms with Gasteiger partial charge in [-0.25, -0.2) is 4.39 Å². The SMILES string of the molecule is CC(=O)N(C)c1ccc(-c2ccc(N(C)[C@H]3CC4CCC(N4)[C@H]3F)nn2)c(O)c1. The lowest BCUT2D eigenvalue weighted by Gasteiger charge is -2.38. The van der Waals surface area contributed by atoms with E-state index < -0.39 is 6.17 Å². The van der Waals surface area contributed by atoms with Crippen molar-refractivity contribution in [3.05, 3.63) is 30.3 Å². The molecule has 7 nitrogen and oxygen atoms in total. The number of anilines is 2. The Morgan fingerprint density at radius 2 is 2.00 bits per heavy atom. The van der Waals surface area contributed by atoms with Crippen molar-refractivity contribution in [2.45, 2.75) is 50.5 Å². The number of phenolic OH excluding ortho intramolecular Hbond substituents is 1. The number of halogens is 1. The maximum atomic E-state index is 14.8. The third-order valence-electron chi connectivity index (χ3n) is 6.18. The smallest absolute Gasteiger partial charge is 0.223 e. The van der Waals surface area contributed by atoms with E-state index in [-0.39, 0.29) is 23.7 Å². The van der Waals surface area contributed by atoms with Crippen LogP contribution in [0.1, 0.15) is 26.2 Å². The first kappa shape index (κ1) is 19.6. The Labute approximate surface area is 169 Å². The minimum Gasteiger partial charge on any atom is -0.507 e. The molecule has 2 N–H and O–H groups in total. The highest BCUT2D eigenvalue weighted by Crippen LogP contribution is 2.34. The van der Waals surface area contributed by atoms with Crippen LogP contribution in [0.2, 0.25) is 0 Å². The van der Waals surface area contributed by atoms with Crippen molar-refractivity contribution in [2.75, 3.05) is 23.9 Å². The summed E-state index contributed by atoms with van der Waals surface area (Å²) in [7, 11) is 3.50. The molecule has 0 saturated carbocycles. The van der Waals surface area contributed by atoms with Crippen LogP contribution >= 0.6 is 0 Å². The van der Waals surface area contributed by atoms with E-state index in [0.29, 0.717) is 28.8 Å². The number of hydrogen-bond donors (Lipinski definition) is 2. The summed E-state index contributed by atoms with van der Waals surface area (Å²) in [6.07, 6.45) is 1.72. The molecule has 8 heteroatoms. The summed E-state index contributed by atoms with van der Waals surface area (Å²) in [5.74, 6) is 0.502. The highest BCUT2D eigenvalue weighted by atomic mass is 19.1. The zero-order valence-electron chi connectivity index (χ0n) is 16.8. The van der Waals surface area contributed by atoms with Crippen LogP contribution in [0, 0.1) is 0 Å². The van der Waals surface area contributed by atoms with Gasteiger partial charge in [0.1, 0.15) is 11.9 Å². The average Bonchev–Trinajstić information content (AvgIpc) is 3.13. The molecule has 2 aliphatic rings. The number of alkyl halides is 1. The largest absolute Gasteiger partial charge is 0.507 e. The first-order valence-electron chi connectivity index (χ1n) is 9.89. The number of hydrogen-bond acceptors (Lipinski definition) is 6. The topological polar surface area (TPSA) is 81.6 Å². The monoisotopic (exact) mass is 399 g/mol. The van der Waals surface area contributed by atoms with E-state index in [1.807, 2.05) is 11.9 Å². The summed E-state index contributed by atoms with van der Waals surface area (Å²) in [5, 5.41) is 22.2. The summed E-state index contributed by atoms with van der Waals surface area (Å²) in [6.45, 7) is 1.46. The minimum absolute atomic E-state index is 0.0183. The lowest BCUT2D eigenvalue weighted by Crippen LogP contribution is -2.55. The Hall–Kier alpha value is -2.74. The molecule has 2 fully saturated rings. The van der Waals surface area contributed by atoms with Crippen LogP contribution in [-0.2, 0) is 4.79 Å². The Bertz CT molecular complexity index is 906. The highest BCUT2D eigenvalue weighted by Gasteiger charge is 2.43. The zero-order valence-corrected chi connectivity index (χ0v) is 16.8. The number of phenols is 1. The van der Waals surface area contributed by atoms with Crippen LogP contribution in [0.3, 0.4) is 0 Å². The van der Waals surface area contributed by atoms with E-state index in [1.165, 1.54) is 17.9 Å². The fourth-order valence-electron chi connectivity index (χ4n) is 4.30. The van der Waals surface area contributed by atoms with E-state index in [0.717, 1.165) is 19.3 Å². The number of aromatic hydroxyl groups is 1. The molecule has 0 radical (unpaired) electrons. The predicted molar refractivity (Wildman–Crippen MR) is 110 cm³/mol. The lowest BCUT2D eigenvalue weighted by molar-refractivity contribution is -0.116. The molecule has 2 aromatic rings. The third kappa shape index (κ3) is 3.64. The van der Waals surface area contributed by atoms with Crippen molar-refractivity contribution in [3.8, 4) is 17.0 Å². The number of carbonyl (C=O) groups is 1. The van der Waals surface area contributed by atoms with Gasteiger partial charge in [0.25, 0.3) is 0 Å². The number of fused-ring (bicyclic) bond motifs is 2. The molecule has 2 unspecified atom stereocenters. The maximum Gasteiger partial charge on any atom is 0.223 e.